The van der Waals surface area contributed by atoms with Gasteiger partial charge in [-0.15, -0.1) is 0 Å². The minimum absolute atomic E-state index is 0.0389. The molecule has 170 valence electrons. The lowest BCUT2D eigenvalue weighted by atomic mass is 9.44. The van der Waals surface area contributed by atoms with Crippen LogP contribution in [0.3, 0.4) is 0 Å². The first kappa shape index (κ1) is 20.5. The number of rotatable bonds is 0. The van der Waals surface area contributed by atoms with E-state index in [1.165, 1.54) is 44.9 Å². The second-order valence-electron chi connectivity index (χ2n) is 13.1. The topological polar surface area (TPSA) is 38.7 Å². The van der Waals surface area contributed by atoms with Crippen LogP contribution in [0.1, 0.15) is 91.9 Å². The molecular weight excluding hydrogens is 372 g/mol. The van der Waals surface area contributed by atoms with Crippen LogP contribution in [0.4, 0.5) is 0 Å². The Hall–Kier alpha value is -0.120. The number of aliphatic hydroxyl groups is 1. The lowest BCUT2D eigenvalue weighted by Gasteiger charge is -2.61. The molecule has 30 heavy (non-hydrogen) atoms. The summed E-state index contributed by atoms with van der Waals surface area (Å²) >= 11 is 0. The standard InChI is InChI=1S/C27H44O3/c1-16-7-12-27(29-15-16)17(2)24-23(30-27)14-22-20-6-5-18-13-19(28)8-10-25(18,3)21(20)9-11-26(22,24)4/h16-24,28H,5-15H2,1-4H3/t16?,17?,18?,19-,20?,21?,22?,23-,24?,25-,26-,27?/m0/s1. The molecule has 0 aromatic heterocycles. The molecule has 3 heteroatoms. The Morgan fingerprint density at radius 3 is 2.40 bits per heavy atom. The number of aliphatic hydroxyl groups excluding tert-OH is 1. The molecule has 0 radical (unpaired) electrons. The highest BCUT2D eigenvalue weighted by atomic mass is 16.7. The summed E-state index contributed by atoms with van der Waals surface area (Å²) in [4.78, 5) is 0. The van der Waals surface area contributed by atoms with Crippen molar-refractivity contribution in [2.24, 2.45) is 52.3 Å². The summed E-state index contributed by atoms with van der Waals surface area (Å²) in [6, 6.07) is 0. The molecule has 6 rings (SSSR count). The summed E-state index contributed by atoms with van der Waals surface area (Å²) in [5, 5.41) is 10.3. The van der Waals surface area contributed by atoms with Crippen LogP contribution in [0.2, 0.25) is 0 Å². The van der Waals surface area contributed by atoms with Crippen molar-refractivity contribution in [3.8, 4) is 0 Å². The zero-order chi connectivity index (χ0) is 20.9. The normalized spacial score (nSPS) is 62.5. The molecule has 0 bridgehead atoms. The number of ether oxygens (including phenoxy) is 2. The maximum Gasteiger partial charge on any atom is 0.171 e. The van der Waals surface area contributed by atoms with Crippen LogP contribution < -0.4 is 0 Å². The van der Waals surface area contributed by atoms with E-state index >= 15 is 0 Å². The molecule has 6 aliphatic rings. The molecule has 3 nitrogen and oxygen atoms in total. The minimum atomic E-state index is -0.282. The number of hydrogen-bond donors (Lipinski definition) is 1. The van der Waals surface area contributed by atoms with Crippen LogP contribution in [0, 0.1) is 52.3 Å². The Morgan fingerprint density at radius 2 is 1.63 bits per heavy atom. The van der Waals surface area contributed by atoms with Gasteiger partial charge in [0.1, 0.15) is 0 Å². The molecule has 0 aromatic carbocycles. The molecule has 4 saturated carbocycles. The molecular formula is C27H44O3. The lowest BCUT2D eigenvalue weighted by molar-refractivity contribution is -0.273. The first-order valence-electron chi connectivity index (χ1n) is 13.3. The summed E-state index contributed by atoms with van der Waals surface area (Å²) in [6.07, 6.45) is 12.9. The molecule has 0 aromatic rings. The maximum absolute atomic E-state index is 10.3. The van der Waals surface area contributed by atoms with E-state index < -0.39 is 0 Å². The van der Waals surface area contributed by atoms with Gasteiger partial charge in [0.25, 0.3) is 0 Å². The predicted octanol–water partition coefficient (Wildman–Crippen LogP) is 5.79. The Balaban J connectivity index is 1.26. The third-order valence-electron chi connectivity index (χ3n) is 11.9. The van der Waals surface area contributed by atoms with Gasteiger partial charge in [-0.05, 0) is 104 Å². The van der Waals surface area contributed by atoms with Crippen LogP contribution in [-0.4, -0.2) is 29.7 Å². The predicted molar refractivity (Wildman–Crippen MR) is 118 cm³/mol. The second kappa shape index (κ2) is 6.70. The van der Waals surface area contributed by atoms with E-state index in [0.29, 0.717) is 34.7 Å². The molecule has 1 N–H and O–H groups in total. The van der Waals surface area contributed by atoms with Gasteiger partial charge in [0.05, 0.1) is 18.8 Å². The van der Waals surface area contributed by atoms with Crippen molar-refractivity contribution >= 4 is 0 Å². The number of hydrogen-bond acceptors (Lipinski definition) is 3. The van der Waals surface area contributed by atoms with E-state index in [1.807, 2.05) is 0 Å². The van der Waals surface area contributed by atoms with Crippen molar-refractivity contribution < 1.29 is 14.6 Å². The van der Waals surface area contributed by atoms with Gasteiger partial charge in [0.15, 0.2) is 5.79 Å². The van der Waals surface area contributed by atoms with Crippen molar-refractivity contribution in [3.63, 3.8) is 0 Å². The molecule has 2 saturated heterocycles. The van der Waals surface area contributed by atoms with Crippen LogP contribution in [-0.2, 0) is 9.47 Å². The Morgan fingerprint density at radius 1 is 0.833 bits per heavy atom. The van der Waals surface area contributed by atoms with Gasteiger partial charge < -0.3 is 14.6 Å². The van der Waals surface area contributed by atoms with Gasteiger partial charge in [-0.25, -0.2) is 0 Å². The molecule has 4 aliphatic carbocycles. The first-order chi connectivity index (χ1) is 14.3. The Kier molecular flexibility index (Phi) is 4.58. The third-order valence-corrected chi connectivity index (χ3v) is 11.9. The van der Waals surface area contributed by atoms with Gasteiger partial charge in [-0.2, -0.15) is 0 Å². The average Bonchev–Trinajstić information content (AvgIpc) is 3.16. The van der Waals surface area contributed by atoms with Crippen LogP contribution in [0.25, 0.3) is 0 Å². The summed E-state index contributed by atoms with van der Waals surface area (Å²) in [5.41, 5.74) is 0.899. The largest absolute Gasteiger partial charge is 0.393 e. The summed E-state index contributed by atoms with van der Waals surface area (Å²) in [6.45, 7) is 10.9. The zero-order valence-corrected chi connectivity index (χ0v) is 19.7. The SMILES string of the molecule is CC1CCC2(OC1)O[C@H]1CC3C4CCC5C[C@@H](O)CC[C@]5(C)C4CC[C@]3(C)C1C2C. The van der Waals surface area contributed by atoms with Crippen molar-refractivity contribution in [1.29, 1.82) is 0 Å². The van der Waals surface area contributed by atoms with Crippen molar-refractivity contribution in [1.82, 2.24) is 0 Å². The quantitative estimate of drug-likeness (QED) is 0.543. The summed E-state index contributed by atoms with van der Waals surface area (Å²) in [7, 11) is 0. The summed E-state index contributed by atoms with van der Waals surface area (Å²) < 4.78 is 13.4. The van der Waals surface area contributed by atoms with Crippen LogP contribution >= 0.6 is 0 Å². The summed E-state index contributed by atoms with van der Waals surface area (Å²) in [5.74, 6) is 4.93. The zero-order valence-electron chi connectivity index (χ0n) is 19.7. The molecule has 8 unspecified atom stereocenters. The van der Waals surface area contributed by atoms with E-state index in [0.717, 1.165) is 49.5 Å². The second-order valence-corrected chi connectivity index (χ2v) is 13.1. The maximum atomic E-state index is 10.3. The molecule has 12 atom stereocenters. The fourth-order valence-corrected chi connectivity index (χ4v) is 10.3. The minimum Gasteiger partial charge on any atom is -0.393 e. The van der Waals surface area contributed by atoms with E-state index in [4.69, 9.17) is 9.47 Å². The van der Waals surface area contributed by atoms with E-state index in [2.05, 4.69) is 27.7 Å². The highest BCUT2D eigenvalue weighted by Gasteiger charge is 2.69. The fourth-order valence-electron chi connectivity index (χ4n) is 10.3. The van der Waals surface area contributed by atoms with E-state index in [1.54, 1.807) is 0 Å². The molecule has 1 spiro atoms. The molecule has 0 amide bonds. The van der Waals surface area contributed by atoms with E-state index in [-0.39, 0.29) is 11.9 Å². The van der Waals surface area contributed by atoms with Gasteiger partial charge in [0.2, 0.25) is 0 Å². The van der Waals surface area contributed by atoms with Gasteiger partial charge in [0, 0.05) is 12.3 Å². The highest BCUT2D eigenvalue weighted by Crippen LogP contribution is 2.71. The van der Waals surface area contributed by atoms with Crippen molar-refractivity contribution in [2.75, 3.05) is 6.61 Å². The smallest absolute Gasteiger partial charge is 0.171 e. The molecule has 6 fully saturated rings. The van der Waals surface area contributed by atoms with Gasteiger partial charge in [-0.3, -0.25) is 0 Å². The number of fused-ring (bicyclic) bond motifs is 7. The first-order valence-corrected chi connectivity index (χ1v) is 13.3. The Labute approximate surface area is 183 Å². The molecule has 2 aliphatic heterocycles. The Bertz CT molecular complexity index is 684. The van der Waals surface area contributed by atoms with Gasteiger partial charge in [-0.1, -0.05) is 27.7 Å². The van der Waals surface area contributed by atoms with Crippen LogP contribution in [0.15, 0.2) is 0 Å². The molecule has 2 heterocycles. The average molecular weight is 417 g/mol. The van der Waals surface area contributed by atoms with E-state index in [9.17, 15) is 5.11 Å². The van der Waals surface area contributed by atoms with Crippen molar-refractivity contribution in [2.45, 2.75) is 110 Å². The fraction of sp³-hybridized carbons (Fsp3) is 1.00. The monoisotopic (exact) mass is 416 g/mol. The lowest BCUT2D eigenvalue weighted by Crippen LogP contribution is -2.55. The third kappa shape index (κ3) is 2.61. The van der Waals surface area contributed by atoms with Gasteiger partial charge >= 0.3 is 0 Å². The highest BCUT2D eigenvalue weighted by molar-refractivity contribution is 5.15. The van der Waals surface area contributed by atoms with Crippen LogP contribution in [0.5, 0.6) is 0 Å². The van der Waals surface area contributed by atoms with Crippen molar-refractivity contribution in [3.05, 3.63) is 0 Å².